The van der Waals surface area contributed by atoms with Gasteiger partial charge in [0.15, 0.2) is 0 Å². The second-order valence-electron chi connectivity index (χ2n) is 11.2. The number of carbonyl (C=O) groups excluding carboxylic acids is 1. The summed E-state index contributed by atoms with van der Waals surface area (Å²) < 4.78 is 52.4. The third-order valence-electron chi connectivity index (χ3n) is 9.01. The third kappa shape index (κ3) is 5.31. The van der Waals surface area contributed by atoms with E-state index in [2.05, 4.69) is 4.98 Å². The maximum atomic E-state index is 15.6. The first-order chi connectivity index (χ1) is 23.5. The van der Waals surface area contributed by atoms with Gasteiger partial charge < -0.3 is 33.9 Å². The van der Waals surface area contributed by atoms with Gasteiger partial charge in [0.05, 0.1) is 45.2 Å². The molecule has 2 aliphatic rings. The summed E-state index contributed by atoms with van der Waals surface area (Å²) in [6, 6.07) is 16.0. The maximum absolute atomic E-state index is 15.6. The lowest BCUT2D eigenvalue weighted by Crippen LogP contribution is -2.66. The number of hydrogen-bond acceptors (Lipinski definition) is 10. The van der Waals surface area contributed by atoms with E-state index in [1.54, 1.807) is 48.8 Å². The number of rotatable bonds is 9. The van der Waals surface area contributed by atoms with Crippen molar-refractivity contribution >= 4 is 45.0 Å². The van der Waals surface area contributed by atoms with Crippen LogP contribution < -0.4 is 28.2 Å². The Morgan fingerprint density at radius 3 is 2.22 bits per heavy atom. The van der Waals surface area contributed by atoms with Crippen molar-refractivity contribution in [2.45, 2.75) is 16.4 Å². The van der Waals surface area contributed by atoms with Gasteiger partial charge in [-0.25, -0.2) is 17.5 Å². The van der Waals surface area contributed by atoms with Crippen LogP contribution in [-0.2, 0) is 20.2 Å². The average molecular weight is 709 g/mol. The van der Waals surface area contributed by atoms with E-state index in [1.807, 2.05) is 4.90 Å². The number of nitrogens with zero attached hydrogens (tertiary/aromatic N) is 4. The molecule has 2 unspecified atom stereocenters. The fourth-order valence-electron chi connectivity index (χ4n) is 6.80. The number of carboxylic acid groups (broad SMARTS) is 1. The zero-order valence-electron chi connectivity index (χ0n) is 27.0. The number of methoxy groups -OCH3 is 4. The molecule has 0 bridgehead atoms. The number of fused-ring (bicyclic) bond motifs is 1. The van der Waals surface area contributed by atoms with Crippen molar-refractivity contribution in [1.82, 2.24) is 9.88 Å². The topological polar surface area (TPSA) is 148 Å². The number of hydrogen-bond donors (Lipinski definition) is 1. The van der Waals surface area contributed by atoms with Crippen LogP contribution >= 0.6 is 11.6 Å². The number of ether oxygens (including phenoxy) is 4. The highest BCUT2D eigenvalue weighted by Crippen LogP contribution is 2.56. The van der Waals surface area contributed by atoms with Crippen LogP contribution in [0.1, 0.15) is 11.1 Å². The molecule has 1 N–H and O–H groups in total. The first-order valence-corrected chi connectivity index (χ1v) is 16.8. The molecule has 15 heteroatoms. The standard InChI is InChI=1S/C34H33ClN4O9S/c1-45-22-9-10-30(29(17-22)48-4)49(43,44)39-26-19-28(47-3)25(35)18-24(26)34(32(39)40,23-7-5-6-8-27(23)46-2)31-20-37(15-16-38(31)33(41)42)21-11-13-36-14-12-21/h5-14,17-19,31H,15-16,20H2,1-4H3,(H,41,42). The molecule has 4 aromatic rings. The van der Waals surface area contributed by atoms with Gasteiger partial charge in [0.2, 0.25) is 0 Å². The fraction of sp³-hybridized carbons (Fsp3) is 0.265. The average Bonchev–Trinajstić information content (AvgIpc) is 3.38. The van der Waals surface area contributed by atoms with E-state index < -0.39 is 33.5 Å². The summed E-state index contributed by atoms with van der Waals surface area (Å²) in [6.45, 7) is 0.276. The summed E-state index contributed by atoms with van der Waals surface area (Å²) in [7, 11) is 0.739. The first kappa shape index (κ1) is 33.7. The van der Waals surface area contributed by atoms with Gasteiger partial charge in [-0.3, -0.25) is 9.78 Å². The van der Waals surface area contributed by atoms with E-state index >= 15 is 4.79 Å². The molecule has 49 heavy (non-hydrogen) atoms. The molecule has 0 saturated carbocycles. The minimum absolute atomic E-state index is 0.00915. The number of anilines is 2. The quantitative estimate of drug-likeness (QED) is 0.259. The number of halogens is 1. The Morgan fingerprint density at radius 1 is 0.878 bits per heavy atom. The van der Waals surface area contributed by atoms with Gasteiger partial charge >= 0.3 is 6.09 Å². The number of para-hydroxylation sites is 1. The summed E-state index contributed by atoms with van der Waals surface area (Å²) in [4.78, 5) is 35.6. The summed E-state index contributed by atoms with van der Waals surface area (Å²) in [5, 5.41) is 10.7. The molecule has 13 nitrogen and oxygen atoms in total. The van der Waals surface area contributed by atoms with Crippen LogP contribution in [0.4, 0.5) is 16.2 Å². The zero-order valence-corrected chi connectivity index (χ0v) is 28.6. The van der Waals surface area contributed by atoms with Gasteiger partial charge in [0.1, 0.15) is 33.3 Å². The molecular formula is C34H33ClN4O9S. The highest BCUT2D eigenvalue weighted by Gasteiger charge is 2.64. The van der Waals surface area contributed by atoms with Crippen molar-refractivity contribution in [1.29, 1.82) is 0 Å². The van der Waals surface area contributed by atoms with E-state index in [4.69, 9.17) is 30.5 Å². The number of sulfonamides is 1. The molecule has 1 aromatic heterocycles. The summed E-state index contributed by atoms with van der Waals surface area (Å²) in [5.41, 5.74) is -0.935. The molecule has 1 saturated heterocycles. The zero-order chi connectivity index (χ0) is 35.1. The third-order valence-corrected chi connectivity index (χ3v) is 11.0. The van der Waals surface area contributed by atoms with Gasteiger partial charge in [0.25, 0.3) is 15.9 Å². The Kier molecular flexibility index (Phi) is 8.94. The van der Waals surface area contributed by atoms with E-state index in [-0.39, 0.29) is 57.1 Å². The van der Waals surface area contributed by atoms with Gasteiger partial charge in [-0.2, -0.15) is 0 Å². The van der Waals surface area contributed by atoms with Crippen LogP contribution in [0.3, 0.4) is 0 Å². The minimum Gasteiger partial charge on any atom is -0.497 e. The Hall–Kier alpha value is -5.21. The fourth-order valence-corrected chi connectivity index (χ4v) is 8.64. The summed E-state index contributed by atoms with van der Waals surface area (Å²) in [6.07, 6.45) is 1.94. The molecule has 2 amide bonds. The van der Waals surface area contributed by atoms with Crippen LogP contribution in [0.2, 0.25) is 5.02 Å². The lowest BCUT2D eigenvalue weighted by molar-refractivity contribution is -0.122. The van der Waals surface area contributed by atoms with Crippen LogP contribution in [0.15, 0.2) is 84.0 Å². The number of pyridine rings is 1. The molecule has 0 radical (unpaired) electrons. The predicted octanol–water partition coefficient (Wildman–Crippen LogP) is 4.66. The Bertz CT molecular complexity index is 2030. The van der Waals surface area contributed by atoms with Crippen LogP contribution in [0.5, 0.6) is 23.0 Å². The molecule has 3 aromatic carbocycles. The second-order valence-corrected chi connectivity index (χ2v) is 13.4. The molecular weight excluding hydrogens is 676 g/mol. The Labute approximate surface area is 288 Å². The normalized spacial score (nSPS) is 19.0. The van der Waals surface area contributed by atoms with E-state index in [1.165, 1.54) is 63.7 Å². The Morgan fingerprint density at radius 2 is 1.57 bits per heavy atom. The molecule has 0 spiro atoms. The first-order valence-electron chi connectivity index (χ1n) is 15.0. The number of piperazine rings is 1. The van der Waals surface area contributed by atoms with Crippen molar-refractivity contribution in [3.05, 3.63) is 95.3 Å². The lowest BCUT2D eigenvalue weighted by Gasteiger charge is -2.48. The van der Waals surface area contributed by atoms with Crippen molar-refractivity contribution in [2.75, 3.05) is 57.3 Å². The van der Waals surface area contributed by atoms with Crippen LogP contribution in [-0.4, -0.2) is 89.5 Å². The molecule has 3 heterocycles. The molecule has 0 aliphatic carbocycles. The van der Waals surface area contributed by atoms with Crippen LogP contribution in [0.25, 0.3) is 0 Å². The van der Waals surface area contributed by atoms with Gasteiger partial charge in [-0.15, -0.1) is 0 Å². The predicted molar refractivity (Wildman–Crippen MR) is 181 cm³/mol. The molecule has 256 valence electrons. The minimum atomic E-state index is -4.77. The smallest absolute Gasteiger partial charge is 0.407 e. The molecule has 2 atom stereocenters. The largest absolute Gasteiger partial charge is 0.497 e. The number of benzene rings is 3. The highest BCUT2D eigenvalue weighted by molar-refractivity contribution is 7.93. The summed E-state index contributed by atoms with van der Waals surface area (Å²) in [5.74, 6) is -0.346. The van der Waals surface area contributed by atoms with Crippen molar-refractivity contribution in [3.8, 4) is 23.0 Å². The van der Waals surface area contributed by atoms with Crippen molar-refractivity contribution in [2.24, 2.45) is 0 Å². The van der Waals surface area contributed by atoms with Gasteiger partial charge in [-0.05, 0) is 36.4 Å². The van der Waals surface area contributed by atoms with Crippen molar-refractivity contribution in [3.63, 3.8) is 0 Å². The van der Waals surface area contributed by atoms with Crippen molar-refractivity contribution < 1.29 is 42.1 Å². The molecule has 1 fully saturated rings. The molecule has 2 aliphatic heterocycles. The van der Waals surface area contributed by atoms with Gasteiger partial charge in [0, 0.05) is 61.0 Å². The van der Waals surface area contributed by atoms with E-state index in [0.29, 0.717) is 16.6 Å². The van der Waals surface area contributed by atoms with Crippen LogP contribution in [0, 0.1) is 0 Å². The van der Waals surface area contributed by atoms with Gasteiger partial charge in [-0.1, -0.05) is 29.8 Å². The summed E-state index contributed by atoms with van der Waals surface area (Å²) >= 11 is 6.75. The number of aromatic nitrogens is 1. The van der Waals surface area contributed by atoms with E-state index in [9.17, 15) is 18.3 Å². The number of amides is 2. The maximum Gasteiger partial charge on any atom is 0.407 e. The lowest BCUT2D eigenvalue weighted by atomic mass is 9.68. The highest BCUT2D eigenvalue weighted by atomic mass is 35.5. The number of carbonyl (C=O) groups is 2. The molecule has 6 rings (SSSR count). The van der Waals surface area contributed by atoms with E-state index in [0.717, 1.165) is 5.69 Å². The SMILES string of the molecule is COc1ccc(S(=O)(=O)N2C(=O)C(c3ccccc3OC)(C3CN(c4ccncc4)CCN3C(=O)O)c3cc(Cl)c(OC)cc32)c(OC)c1. The second kappa shape index (κ2) is 13.0. The Balaban J connectivity index is 1.70. The monoisotopic (exact) mass is 708 g/mol.